The standard InChI is InChI=1S/C19H26N2O4/c1-12-6-4-5-7-17(12)21-18(23)13(2)25-19(24)15-8-10-16(11-9-15)20-14(3)22/h8-13,17H,4-7H2,1-3H3,(H,20,22)(H,21,23)/t12-,13-,17-/m1/s1. The summed E-state index contributed by atoms with van der Waals surface area (Å²) < 4.78 is 5.26. The van der Waals surface area contributed by atoms with Gasteiger partial charge in [0.1, 0.15) is 0 Å². The molecule has 136 valence electrons. The molecule has 1 saturated carbocycles. The second kappa shape index (κ2) is 8.65. The molecule has 6 nitrogen and oxygen atoms in total. The van der Waals surface area contributed by atoms with Gasteiger partial charge in [0.25, 0.3) is 5.91 Å². The molecule has 2 N–H and O–H groups in total. The lowest BCUT2D eigenvalue weighted by molar-refractivity contribution is -0.130. The largest absolute Gasteiger partial charge is 0.449 e. The Morgan fingerprint density at radius 2 is 1.76 bits per heavy atom. The van der Waals surface area contributed by atoms with Crippen LogP contribution in [-0.4, -0.2) is 29.9 Å². The average molecular weight is 346 g/mol. The Morgan fingerprint density at radius 3 is 2.36 bits per heavy atom. The number of carbonyl (C=O) groups excluding carboxylic acids is 3. The van der Waals surface area contributed by atoms with Crippen molar-refractivity contribution in [2.45, 2.75) is 58.6 Å². The highest BCUT2D eigenvalue weighted by molar-refractivity contribution is 5.93. The lowest BCUT2D eigenvalue weighted by Gasteiger charge is -2.30. The maximum Gasteiger partial charge on any atom is 0.338 e. The van der Waals surface area contributed by atoms with E-state index in [1.165, 1.54) is 13.3 Å². The zero-order chi connectivity index (χ0) is 18.4. The first-order chi connectivity index (χ1) is 11.9. The predicted molar refractivity (Wildman–Crippen MR) is 95.2 cm³/mol. The summed E-state index contributed by atoms with van der Waals surface area (Å²) in [5, 5.41) is 5.62. The SMILES string of the molecule is CC(=O)Nc1ccc(C(=O)O[C@H](C)C(=O)N[C@@H]2CCCC[C@H]2C)cc1. The molecule has 3 atom stereocenters. The molecule has 0 aliphatic heterocycles. The normalized spacial score (nSPS) is 21.1. The van der Waals surface area contributed by atoms with Crippen LogP contribution < -0.4 is 10.6 Å². The molecule has 6 heteroatoms. The molecule has 0 unspecified atom stereocenters. The van der Waals surface area contributed by atoms with Gasteiger partial charge >= 0.3 is 5.97 Å². The summed E-state index contributed by atoms with van der Waals surface area (Å²) in [6.45, 7) is 5.12. The third-order valence-electron chi connectivity index (χ3n) is 4.53. The first-order valence-electron chi connectivity index (χ1n) is 8.76. The summed E-state index contributed by atoms with van der Waals surface area (Å²) in [7, 11) is 0. The van der Waals surface area contributed by atoms with Gasteiger partial charge in [-0.15, -0.1) is 0 Å². The molecule has 1 aliphatic carbocycles. The molecule has 2 amide bonds. The van der Waals surface area contributed by atoms with Crippen LogP contribution in [0.15, 0.2) is 24.3 Å². The van der Waals surface area contributed by atoms with Gasteiger partial charge in [-0.05, 0) is 49.9 Å². The quantitative estimate of drug-likeness (QED) is 0.803. The summed E-state index contributed by atoms with van der Waals surface area (Å²) in [6.07, 6.45) is 3.55. The number of carbonyl (C=O) groups is 3. The second-order valence-electron chi connectivity index (χ2n) is 6.68. The Labute approximate surface area is 148 Å². The van der Waals surface area contributed by atoms with Crippen LogP contribution in [0.25, 0.3) is 0 Å². The van der Waals surface area contributed by atoms with Crippen LogP contribution in [0, 0.1) is 5.92 Å². The Morgan fingerprint density at radius 1 is 1.12 bits per heavy atom. The van der Waals surface area contributed by atoms with Crippen LogP contribution in [0.2, 0.25) is 0 Å². The van der Waals surface area contributed by atoms with Gasteiger partial charge < -0.3 is 15.4 Å². The molecule has 25 heavy (non-hydrogen) atoms. The molecule has 0 aromatic heterocycles. The van der Waals surface area contributed by atoms with Crippen molar-refractivity contribution in [1.82, 2.24) is 5.32 Å². The van der Waals surface area contributed by atoms with E-state index < -0.39 is 12.1 Å². The van der Waals surface area contributed by atoms with Crippen molar-refractivity contribution < 1.29 is 19.1 Å². The van der Waals surface area contributed by atoms with Gasteiger partial charge in [0.15, 0.2) is 6.10 Å². The van der Waals surface area contributed by atoms with Crippen LogP contribution in [0.3, 0.4) is 0 Å². The number of benzene rings is 1. The monoisotopic (exact) mass is 346 g/mol. The van der Waals surface area contributed by atoms with Crippen LogP contribution in [0.1, 0.15) is 56.8 Å². The van der Waals surface area contributed by atoms with E-state index in [0.29, 0.717) is 17.2 Å². The first-order valence-corrected chi connectivity index (χ1v) is 8.76. The van der Waals surface area contributed by atoms with Crippen LogP contribution in [0.4, 0.5) is 5.69 Å². The molecule has 0 bridgehead atoms. The van der Waals surface area contributed by atoms with Crippen molar-refractivity contribution >= 4 is 23.5 Å². The smallest absolute Gasteiger partial charge is 0.338 e. The molecule has 1 aliphatic rings. The lowest BCUT2D eigenvalue weighted by Crippen LogP contribution is -2.45. The van der Waals surface area contributed by atoms with Gasteiger partial charge in [0.2, 0.25) is 5.91 Å². The highest BCUT2D eigenvalue weighted by Crippen LogP contribution is 2.23. The molecule has 1 aromatic rings. The summed E-state index contributed by atoms with van der Waals surface area (Å²) >= 11 is 0. The summed E-state index contributed by atoms with van der Waals surface area (Å²) in [6, 6.07) is 6.50. The Balaban J connectivity index is 1.88. The molecular weight excluding hydrogens is 320 g/mol. The van der Waals surface area contributed by atoms with Gasteiger partial charge in [0, 0.05) is 18.7 Å². The minimum atomic E-state index is -0.850. The first kappa shape index (κ1) is 19.0. The molecule has 0 spiro atoms. The Hall–Kier alpha value is -2.37. The highest BCUT2D eigenvalue weighted by atomic mass is 16.5. The van der Waals surface area contributed by atoms with Crippen molar-refractivity contribution in [1.29, 1.82) is 0 Å². The number of ether oxygens (including phenoxy) is 1. The van der Waals surface area contributed by atoms with Gasteiger partial charge in [-0.1, -0.05) is 19.8 Å². The molecule has 1 aromatic carbocycles. The average Bonchev–Trinajstić information content (AvgIpc) is 2.56. The van der Waals surface area contributed by atoms with E-state index in [9.17, 15) is 14.4 Å². The van der Waals surface area contributed by atoms with Crippen molar-refractivity contribution in [3.05, 3.63) is 29.8 Å². The lowest BCUT2D eigenvalue weighted by atomic mass is 9.86. The summed E-state index contributed by atoms with van der Waals surface area (Å²) in [5.74, 6) is -0.560. The predicted octanol–water partition coefficient (Wildman–Crippen LogP) is 2.89. The number of rotatable bonds is 5. The van der Waals surface area contributed by atoms with Crippen molar-refractivity contribution in [3.8, 4) is 0 Å². The Kier molecular flexibility index (Phi) is 6.56. The fraction of sp³-hybridized carbons (Fsp3) is 0.526. The third kappa shape index (κ3) is 5.59. The highest BCUT2D eigenvalue weighted by Gasteiger charge is 2.26. The van der Waals surface area contributed by atoms with Gasteiger partial charge in [-0.2, -0.15) is 0 Å². The van der Waals surface area contributed by atoms with Gasteiger partial charge in [-0.3, -0.25) is 9.59 Å². The van der Waals surface area contributed by atoms with Gasteiger partial charge in [0.05, 0.1) is 5.56 Å². The third-order valence-corrected chi connectivity index (χ3v) is 4.53. The molecule has 0 heterocycles. The number of nitrogens with one attached hydrogen (secondary N) is 2. The van der Waals surface area contributed by atoms with E-state index in [1.807, 2.05) is 0 Å². The van der Waals surface area contributed by atoms with Crippen LogP contribution >= 0.6 is 0 Å². The topological polar surface area (TPSA) is 84.5 Å². The van der Waals surface area contributed by atoms with E-state index in [0.717, 1.165) is 19.3 Å². The fourth-order valence-corrected chi connectivity index (χ4v) is 3.01. The van der Waals surface area contributed by atoms with Crippen LogP contribution in [-0.2, 0) is 14.3 Å². The molecule has 0 saturated heterocycles. The number of anilines is 1. The van der Waals surface area contributed by atoms with E-state index in [-0.39, 0.29) is 17.9 Å². The van der Waals surface area contributed by atoms with Crippen molar-refractivity contribution in [2.75, 3.05) is 5.32 Å². The maximum atomic E-state index is 12.3. The number of hydrogen-bond donors (Lipinski definition) is 2. The summed E-state index contributed by atoms with van der Waals surface area (Å²) in [4.78, 5) is 35.4. The van der Waals surface area contributed by atoms with Crippen molar-refractivity contribution in [3.63, 3.8) is 0 Å². The van der Waals surface area contributed by atoms with Crippen LogP contribution in [0.5, 0.6) is 0 Å². The number of amides is 2. The van der Waals surface area contributed by atoms with E-state index in [2.05, 4.69) is 17.6 Å². The van der Waals surface area contributed by atoms with Gasteiger partial charge in [-0.25, -0.2) is 4.79 Å². The number of hydrogen-bond acceptors (Lipinski definition) is 4. The van der Waals surface area contributed by atoms with Crippen molar-refractivity contribution in [2.24, 2.45) is 5.92 Å². The molecule has 2 rings (SSSR count). The zero-order valence-electron chi connectivity index (χ0n) is 15.0. The second-order valence-corrected chi connectivity index (χ2v) is 6.68. The maximum absolute atomic E-state index is 12.3. The fourth-order valence-electron chi connectivity index (χ4n) is 3.01. The number of esters is 1. The molecule has 1 fully saturated rings. The Bertz CT molecular complexity index is 627. The molecule has 0 radical (unpaired) electrons. The summed E-state index contributed by atoms with van der Waals surface area (Å²) in [5.41, 5.74) is 0.931. The van der Waals surface area contributed by atoms with E-state index in [1.54, 1.807) is 31.2 Å². The van der Waals surface area contributed by atoms with E-state index >= 15 is 0 Å². The molecular formula is C19H26N2O4. The minimum Gasteiger partial charge on any atom is -0.449 e. The minimum absolute atomic E-state index is 0.152. The zero-order valence-corrected chi connectivity index (χ0v) is 15.0. The van der Waals surface area contributed by atoms with E-state index in [4.69, 9.17) is 4.74 Å².